The molecule has 0 aliphatic carbocycles. The van der Waals surface area contributed by atoms with Crippen LogP contribution in [0.5, 0.6) is 0 Å². The van der Waals surface area contributed by atoms with Crippen molar-refractivity contribution >= 4 is 10.9 Å². The number of rotatable bonds is 2. The molecule has 0 amide bonds. The van der Waals surface area contributed by atoms with Crippen LogP contribution in [0.2, 0.25) is 0 Å². The second-order valence-electron chi connectivity index (χ2n) is 6.56. The molecule has 110 valence electrons. The summed E-state index contributed by atoms with van der Waals surface area (Å²) in [5.74, 6) is 0. The predicted molar refractivity (Wildman–Crippen MR) is 86.2 cm³/mol. The van der Waals surface area contributed by atoms with E-state index in [9.17, 15) is 0 Å². The zero-order chi connectivity index (χ0) is 14.2. The maximum absolute atomic E-state index is 4.83. The summed E-state index contributed by atoms with van der Waals surface area (Å²) >= 11 is 0. The van der Waals surface area contributed by atoms with Crippen LogP contribution in [0.25, 0.3) is 10.9 Å². The Morgan fingerprint density at radius 2 is 2.05 bits per heavy atom. The summed E-state index contributed by atoms with van der Waals surface area (Å²) in [5, 5.41) is 1.23. The third-order valence-corrected chi connectivity index (χ3v) is 5.09. The molecule has 1 aromatic carbocycles. The van der Waals surface area contributed by atoms with Crippen LogP contribution in [0, 0.1) is 0 Å². The van der Waals surface area contributed by atoms with Gasteiger partial charge < -0.3 is 0 Å². The molecule has 2 aromatic rings. The summed E-state index contributed by atoms with van der Waals surface area (Å²) < 4.78 is 0. The lowest BCUT2D eigenvalue weighted by molar-refractivity contribution is 0.0532. The van der Waals surface area contributed by atoms with Crippen molar-refractivity contribution in [2.24, 2.45) is 0 Å². The molecule has 3 heterocycles. The highest BCUT2D eigenvalue weighted by molar-refractivity contribution is 5.78. The van der Waals surface area contributed by atoms with E-state index in [2.05, 4.69) is 53.1 Å². The molecule has 21 heavy (non-hydrogen) atoms. The van der Waals surface area contributed by atoms with Crippen molar-refractivity contribution in [3.05, 3.63) is 42.1 Å². The fourth-order valence-corrected chi connectivity index (χ4v) is 3.87. The van der Waals surface area contributed by atoms with E-state index in [4.69, 9.17) is 4.98 Å². The van der Waals surface area contributed by atoms with Crippen molar-refractivity contribution in [1.82, 2.24) is 14.8 Å². The standard InChI is InChI=1S/C18H23N3/c1-14-11-20-10-4-6-17(20)13-21(14)12-16-9-8-15-5-2-3-7-18(15)19-16/h2-3,5,7-9,14,17H,4,6,10-13H2,1H3/t14-,17+/m1/s1. The lowest BCUT2D eigenvalue weighted by Crippen LogP contribution is -2.54. The van der Waals surface area contributed by atoms with Crippen LogP contribution in [-0.4, -0.2) is 46.5 Å². The molecule has 0 N–H and O–H groups in total. The van der Waals surface area contributed by atoms with E-state index in [0.29, 0.717) is 6.04 Å². The molecule has 2 aliphatic heterocycles. The van der Waals surface area contributed by atoms with Gasteiger partial charge in [-0.2, -0.15) is 0 Å². The van der Waals surface area contributed by atoms with Gasteiger partial charge in [0, 0.05) is 37.1 Å². The highest BCUT2D eigenvalue weighted by Gasteiger charge is 2.34. The van der Waals surface area contributed by atoms with Gasteiger partial charge in [0.1, 0.15) is 0 Å². The molecule has 3 heteroatoms. The normalized spacial score (nSPS) is 27.1. The van der Waals surface area contributed by atoms with Gasteiger partial charge in [-0.05, 0) is 38.4 Å². The van der Waals surface area contributed by atoms with Gasteiger partial charge in [0.25, 0.3) is 0 Å². The highest BCUT2D eigenvalue weighted by Crippen LogP contribution is 2.25. The lowest BCUT2D eigenvalue weighted by Gasteiger charge is -2.42. The second-order valence-corrected chi connectivity index (χ2v) is 6.56. The first-order valence-electron chi connectivity index (χ1n) is 8.12. The first-order chi connectivity index (χ1) is 10.3. The van der Waals surface area contributed by atoms with E-state index < -0.39 is 0 Å². The molecule has 3 nitrogen and oxygen atoms in total. The van der Waals surface area contributed by atoms with E-state index in [0.717, 1.165) is 18.1 Å². The Labute approximate surface area is 126 Å². The van der Waals surface area contributed by atoms with E-state index in [1.807, 2.05) is 0 Å². The molecule has 1 aromatic heterocycles. The Balaban J connectivity index is 1.53. The van der Waals surface area contributed by atoms with Gasteiger partial charge in [0.2, 0.25) is 0 Å². The Kier molecular flexibility index (Phi) is 3.40. The first kappa shape index (κ1) is 13.2. The maximum Gasteiger partial charge on any atom is 0.0705 e. The van der Waals surface area contributed by atoms with Crippen LogP contribution >= 0.6 is 0 Å². The number of pyridine rings is 1. The summed E-state index contributed by atoms with van der Waals surface area (Å²) in [4.78, 5) is 10.1. The Morgan fingerprint density at radius 1 is 1.14 bits per heavy atom. The molecular weight excluding hydrogens is 258 g/mol. The third-order valence-electron chi connectivity index (χ3n) is 5.09. The molecule has 0 bridgehead atoms. The smallest absolute Gasteiger partial charge is 0.0705 e. The van der Waals surface area contributed by atoms with Crippen LogP contribution < -0.4 is 0 Å². The molecule has 0 spiro atoms. The quantitative estimate of drug-likeness (QED) is 0.844. The van der Waals surface area contributed by atoms with E-state index in [1.165, 1.54) is 43.6 Å². The van der Waals surface area contributed by atoms with Crippen molar-refractivity contribution in [3.63, 3.8) is 0 Å². The third kappa shape index (κ3) is 2.56. The predicted octanol–water partition coefficient (Wildman–Crippen LogP) is 2.90. The minimum absolute atomic E-state index is 0.632. The topological polar surface area (TPSA) is 19.4 Å². The Morgan fingerprint density at radius 3 is 3.00 bits per heavy atom. The maximum atomic E-state index is 4.83. The van der Waals surface area contributed by atoms with Gasteiger partial charge in [-0.25, -0.2) is 0 Å². The number of benzene rings is 1. The number of aromatic nitrogens is 1. The molecule has 2 aliphatic rings. The summed E-state index contributed by atoms with van der Waals surface area (Å²) in [6.45, 7) is 7.07. The highest BCUT2D eigenvalue weighted by atomic mass is 15.3. The van der Waals surface area contributed by atoms with Crippen LogP contribution in [0.4, 0.5) is 0 Å². The Hall–Kier alpha value is -1.45. The lowest BCUT2D eigenvalue weighted by atomic mass is 10.1. The first-order valence-corrected chi connectivity index (χ1v) is 8.12. The van der Waals surface area contributed by atoms with Gasteiger partial charge in [0.15, 0.2) is 0 Å². The number of nitrogens with zero attached hydrogens (tertiary/aromatic N) is 3. The van der Waals surface area contributed by atoms with Crippen LogP contribution in [0.3, 0.4) is 0 Å². The van der Waals surface area contributed by atoms with Crippen molar-refractivity contribution in [1.29, 1.82) is 0 Å². The van der Waals surface area contributed by atoms with Crippen LogP contribution in [0.1, 0.15) is 25.5 Å². The average molecular weight is 281 g/mol. The molecule has 0 saturated carbocycles. The number of hydrogen-bond acceptors (Lipinski definition) is 3. The molecule has 2 fully saturated rings. The zero-order valence-electron chi connectivity index (χ0n) is 12.7. The van der Waals surface area contributed by atoms with E-state index in [-0.39, 0.29) is 0 Å². The second kappa shape index (κ2) is 5.39. The molecule has 4 rings (SSSR count). The average Bonchev–Trinajstić information content (AvgIpc) is 2.94. The van der Waals surface area contributed by atoms with Crippen molar-refractivity contribution in [2.45, 2.75) is 38.4 Å². The fourth-order valence-electron chi connectivity index (χ4n) is 3.87. The summed E-state index contributed by atoms with van der Waals surface area (Å²) in [5.41, 5.74) is 2.31. The SMILES string of the molecule is C[C@@H]1CN2CCC[C@H]2CN1Cc1ccc2ccccc2n1. The van der Waals surface area contributed by atoms with Gasteiger partial charge in [0.05, 0.1) is 11.2 Å². The van der Waals surface area contributed by atoms with Crippen LogP contribution in [0.15, 0.2) is 36.4 Å². The minimum atomic E-state index is 0.632. The molecule has 0 unspecified atom stereocenters. The molecular formula is C18H23N3. The largest absolute Gasteiger partial charge is 0.298 e. The minimum Gasteiger partial charge on any atom is -0.298 e. The summed E-state index contributed by atoms with van der Waals surface area (Å²) in [7, 11) is 0. The van der Waals surface area contributed by atoms with Crippen molar-refractivity contribution in [3.8, 4) is 0 Å². The van der Waals surface area contributed by atoms with Gasteiger partial charge >= 0.3 is 0 Å². The Bertz CT molecular complexity index is 639. The van der Waals surface area contributed by atoms with Gasteiger partial charge in [-0.1, -0.05) is 24.3 Å². The van der Waals surface area contributed by atoms with Crippen LogP contribution in [-0.2, 0) is 6.54 Å². The van der Waals surface area contributed by atoms with Gasteiger partial charge in [-0.3, -0.25) is 14.8 Å². The van der Waals surface area contributed by atoms with Gasteiger partial charge in [-0.15, -0.1) is 0 Å². The number of piperazine rings is 1. The van der Waals surface area contributed by atoms with Crippen molar-refractivity contribution in [2.75, 3.05) is 19.6 Å². The summed E-state index contributed by atoms with van der Waals surface area (Å²) in [6, 6.07) is 14.2. The summed E-state index contributed by atoms with van der Waals surface area (Å²) in [6.07, 6.45) is 2.74. The zero-order valence-corrected chi connectivity index (χ0v) is 12.7. The number of para-hydroxylation sites is 1. The molecule has 2 saturated heterocycles. The molecule has 0 radical (unpaired) electrons. The molecule has 2 atom stereocenters. The number of hydrogen-bond donors (Lipinski definition) is 0. The fraction of sp³-hybridized carbons (Fsp3) is 0.500. The van der Waals surface area contributed by atoms with Crippen molar-refractivity contribution < 1.29 is 0 Å². The van der Waals surface area contributed by atoms with E-state index in [1.54, 1.807) is 0 Å². The number of fused-ring (bicyclic) bond motifs is 2. The van der Waals surface area contributed by atoms with E-state index >= 15 is 0 Å². The monoisotopic (exact) mass is 281 g/mol.